The molecule has 1 aliphatic heterocycles. The zero-order chi connectivity index (χ0) is 15.1. The Kier molecular flexibility index (Phi) is 6.67. The third-order valence-corrected chi connectivity index (χ3v) is 4.80. The van der Waals surface area contributed by atoms with E-state index in [1.165, 1.54) is 4.88 Å². The molecule has 0 spiro atoms. The molecule has 0 aliphatic carbocycles. The Balaban J connectivity index is 1.91. The average Bonchev–Trinajstić information content (AvgIpc) is 3.17. The van der Waals surface area contributed by atoms with Crippen molar-refractivity contribution < 1.29 is 9.53 Å². The van der Waals surface area contributed by atoms with Gasteiger partial charge in [-0.3, -0.25) is 4.79 Å². The van der Waals surface area contributed by atoms with E-state index in [1.54, 1.807) is 11.3 Å². The summed E-state index contributed by atoms with van der Waals surface area (Å²) in [5.41, 5.74) is 0. The van der Waals surface area contributed by atoms with Crippen LogP contribution < -0.4 is 5.32 Å². The Morgan fingerprint density at radius 1 is 1.62 bits per heavy atom. The predicted octanol–water partition coefficient (Wildman–Crippen LogP) is 2.64. The Hall–Kier alpha value is -0.910. The van der Waals surface area contributed by atoms with Crippen molar-refractivity contribution in [2.24, 2.45) is 0 Å². The monoisotopic (exact) mass is 310 g/mol. The molecule has 1 aromatic heterocycles. The second-order valence-electron chi connectivity index (χ2n) is 5.68. The van der Waals surface area contributed by atoms with Crippen LogP contribution >= 0.6 is 11.3 Å². The summed E-state index contributed by atoms with van der Waals surface area (Å²) in [5.74, 6) is 0.166. The van der Waals surface area contributed by atoms with Crippen molar-refractivity contribution in [3.63, 3.8) is 0 Å². The molecule has 1 aliphatic rings. The summed E-state index contributed by atoms with van der Waals surface area (Å²) in [5, 5.41) is 5.35. The van der Waals surface area contributed by atoms with E-state index in [-0.39, 0.29) is 12.0 Å². The number of hydrogen-bond acceptors (Lipinski definition) is 4. The maximum atomic E-state index is 12.5. The van der Waals surface area contributed by atoms with Crippen LogP contribution in [0.15, 0.2) is 17.5 Å². The number of rotatable bonds is 8. The van der Waals surface area contributed by atoms with Crippen LogP contribution in [0.25, 0.3) is 0 Å². The minimum atomic E-state index is 0.166. The third kappa shape index (κ3) is 5.41. The number of amides is 1. The van der Waals surface area contributed by atoms with Gasteiger partial charge in [0.1, 0.15) is 0 Å². The highest BCUT2D eigenvalue weighted by atomic mass is 32.1. The van der Waals surface area contributed by atoms with Crippen molar-refractivity contribution >= 4 is 17.2 Å². The molecule has 2 unspecified atom stereocenters. The van der Waals surface area contributed by atoms with E-state index in [1.807, 2.05) is 11.0 Å². The van der Waals surface area contributed by atoms with Gasteiger partial charge in [-0.05, 0) is 37.6 Å². The second kappa shape index (κ2) is 8.51. The lowest BCUT2D eigenvalue weighted by molar-refractivity contribution is -0.132. The Morgan fingerprint density at radius 3 is 3.10 bits per heavy atom. The number of hydrogen-bond donors (Lipinski definition) is 1. The van der Waals surface area contributed by atoms with Gasteiger partial charge in [-0.1, -0.05) is 13.0 Å². The first-order valence-corrected chi connectivity index (χ1v) is 8.72. The summed E-state index contributed by atoms with van der Waals surface area (Å²) in [4.78, 5) is 15.7. The molecule has 1 saturated heterocycles. The Bertz CT molecular complexity index is 416. The molecule has 118 valence electrons. The van der Waals surface area contributed by atoms with Crippen molar-refractivity contribution in [3.8, 4) is 0 Å². The standard InChI is InChI=1S/C16H26N2O2S/c1-3-13(2)17-10-16(19)18(11-14-6-4-8-20-14)12-15-7-5-9-21-15/h5,7,9,13-14,17H,3-4,6,8,10-12H2,1-2H3. The molecular formula is C16H26N2O2S. The number of carbonyl (C=O) groups is 1. The minimum Gasteiger partial charge on any atom is -0.376 e. The largest absolute Gasteiger partial charge is 0.376 e. The van der Waals surface area contributed by atoms with Crippen molar-refractivity contribution in [3.05, 3.63) is 22.4 Å². The second-order valence-corrected chi connectivity index (χ2v) is 6.71. The Morgan fingerprint density at radius 2 is 2.48 bits per heavy atom. The summed E-state index contributed by atoms with van der Waals surface area (Å²) in [6.45, 7) is 6.87. The summed E-state index contributed by atoms with van der Waals surface area (Å²) in [7, 11) is 0. The lowest BCUT2D eigenvalue weighted by Crippen LogP contribution is -2.43. The van der Waals surface area contributed by atoms with E-state index in [0.29, 0.717) is 25.7 Å². The summed E-state index contributed by atoms with van der Waals surface area (Å²) in [6, 6.07) is 4.49. The molecule has 4 nitrogen and oxygen atoms in total. The van der Waals surface area contributed by atoms with E-state index in [2.05, 4.69) is 30.6 Å². The summed E-state index contributed by atoms with van der Waals surface area (Å²) in [6.07, 6.45) is 3.41. The summed E-state index contributed by atoms with van der Waals surface area (Å²) < 4.78 is 5.69. The number of nitrogens with one attached hydrogen (secondary N) is 1. The van der Waals surface area contributed by atoms with Crippen molar-refractivity contribution in [1.29, 1.82) is 0 Å². The smallest absolute Gasteiger partial charge is 0.236 e. The van der Waals surface area contributed by atoms with E-state index in [0.717, 1.165) is 25.9 Å². The molecule has 1 N–H and O–H groups in total. The molecule has 0 saturated carbocycles. The lowest BCUT2D eigenvalue weighted by atomic mass is 10.2. The third-order valence-electron chi connectivity index (χ3n) is 3.94. The van der Waals surface area contributed by atoms with E-state index >= 15 is 0 Å². The molecule has 1 aromatic rings. The summed E-state index contributed by atoms with van der Waals surface area (Å²) >= 11 is 1.70. The molecule has 0 bridgehead atoms. The molecule has 2 rings (SSSR count). The first-order chi connectivity index (χ1) is 10.2. The van der Waals surface area contributed by atoms with Crippen LogP contribution in [0, 0.1) is 0 Å². The maximum Gasteiger partial charge on any atom is 0.236 e. The SMILES string of the molecule is CCC(C)NCC(=O)N(Cc1cccs1)CC1CCCO1. The lowest BCUT2D eigenvalue weighted by Gasteiger charge is -2.26. The number of carbonyl (C=O) groups excluding carboxylic acids is 1. The molecule has 1 fully saturated rings. The van der Waals surface area contributed by atoms with Gasteiger partial charge in [-0.2, -0.15) is 0 Å². The molecule has 5 heteroatoms. The minimum absolute atomic E-state index is 0.166. The van der Waals surface area contributed by atoms with Crippen molar-refractivity contribution in [1.82, 2.24) is 10.2 Å². The fourth-order valence-electron chi connectivity index (χ4n) is 2.40. The average molecular weight is 310 g/mol. The molecule has 21 heavy (non-hydrogen) atoms. The first kappa shape index (κ1) is 16.5. The first-order valence-electron chi connectivity index (χ1n) is 7.84. The van der Waals surface area contributed by atoms with Gasteiger partial charge in [0.15, 0.2) is 0 Å². The number of nitrogens with zero attached hydrogens (tertiary/aromatic N) is 1. The number of ether oxygens (including phenoxy) is 1. The zero-order valence-electron chi connectivity index (χ0n) is 13.0. The maximum absolute atomic E-state index is 12.5. The van der Waals surface area contributed by atoms with Crippen LogP contribution in [0.1, 0.15) is 38.0 Å². The predicted molar refractivity (Wildman–Crippen MR) is 86.5 cm³/mol. The normalized spacial score (nSPS) is 19.6. The topological polar surface area (TPSA) is 41.6 Å². The zero-order valence-corrected chi connectivity index (χ0v) is 13.8. The molecule has 0 aromatic carbocycles. The molecule has 0 radical (unpaired) electrons. The van der Waals surface area contributed by atoms with Gasteiger partial charge >= 0.3 is 0 Å². The number of thiophene rings is 1. The Labute approximate surface area is 131 Å². The highest BCUT2D eigenvalue weighted by Gasteiger charge is 2.23. The van der Waals surface area contributed by atoms with Gasteiger partial charge in [-0.25, -0.2) is 0 Å². The van der Waals surface area contributed by atoms with Crippen molar-refractivity contribution in [2.45, 2.75) is 51.8 Å². The molecule has 2 atom stereocenters. The van der Waals surface area contributed by atoms with Gasteiger partial charge < -0.3 is 15.0 Å². The van der Waals surface area contributed by atoms with Gasteiger partial charge in [0.05, 0.1) is 19.2 Å². The van der Waals surface area contributed by atoms with E-state index in [9.17, 15) is 4.79 Å². The quantitative estimate of drug-likeness (QED) is 0.802. The molecule has 1 amide bonds. The van der Waals surface area contributed by atoms with Gasteiger partial charge in [0.25, 0.3) is 0 Å². The molecular weight excluding hydrogens is 284 g/mol. The van der Waals surface area contributed by atoms with Crippen LogP contribution in [0.4, 0.5) is 0 Å². The fourth-order valence-corrected chi connectivity index (χ4v) is 3.12. The van der Waals surface area contributed by atoms with Crippen LogP contribution in [0.2, 0.25) is 0 Å². The van der Waals surface area contributed by atoms with E-state index < -0.39 is 0 Å². The highest BCUT2D eigenvalue weighted by Crippen LogP contribution is 2.17. The van der Waals surface area contributed by atoms with Gasteiger partial charge in [0.2, 0.25) is 5.91 Å². The van der Waals surface area contributed by atoms with E-state index in [4.69, 9.17) is 4.74 Å². The van der Waals surface area contributed by atoms with Crippen molar-refractivity contribution in [2.75, 3.05) is 19.7 Å². The van der Waals surface area contributed by atoms with Crippen LogP contribution in [-0.4, -0.2) is 42.6 Å². The van der Waals surface area contributed by atoms with Crippen LogP contribution in [0.5, 0.6) is 0 Å². The molecule has 2 heterocycles. The highest BCUT2D eigenvalue weighted by molar-refractivity contribution is 7.09. The van der Waals surface area contributed by atoms with Crippen LogP contribution in [0.3, 0.4) is 0 Å². The van der Waals surface area contributed by atoms with Gasteiger partial charge in [-0.15, -0.1) is 11.3 Å². The van der Waals surface area contributed by atoms with Gasteiger partial charge in [0, 0.05) is 24.1 Å². The fraction of sp³-hybridized carbons (Fsp3) is 0.688. The van der Waals surface area contributed by atoms with Crippen LogP contribution in [-0.2, 0) is 16.1 Å².